The van der Waals surface area contributed by atoms with E-state index in [1.807, 2.05) is 0 Å². The molecule has 2 unspecified atom stereocenters. The van der Waals surface area contributed by atoms with Crippen LogP contribution in [0.4, 0.5) is 0 Å². The zero-order valence-electron chi connectivity index (χ0n) is 13.2. The van der Waals surface area contributed by atoms with Crippen molar-refractivity contribution in [2.75, 3.05) is 0 Å². The SMILES string of the molecule is O=C(C1CC2CCC(C1)N2)C1c2ccccc2-c2ccccc21. The second-order valence-electron chi connectivity index (χ2n) is 7.32. The number of rotatable bonds is 2. The quantitative estimate of drug-likeness (QED) is 0.911. The molecule has 2 heterocycles. The lowest BCUT2D eigenvalue weighted by Crippen LogP contribution is -2.41. The first-order valence-corrected chi connectivity index (χ1v) is 8.79. The Bertz CT molecular complexity index is 723. The number of carbonyl (C=O) groups is 1. The number of nitrogens with one attached hydrogen (secondary N) is 1. The Hall–Kier alpha value is -1.93. The molecule has 2 aliphatic heterocycles. The number of Topliss-reactive ketones (excluding diaryl/α,β-unsaturated/α-hetero) is 1. The number of carbonyl (C=O) groups excluding carboxylic acids is 1. The van der Waals surface area contributed by atoms with Gasteiger partial charge >= 0.3 is 0 Å². The predicted molar refractivity (Wildman–Crippen MR) is 91.4 cm³/mol. The predicted octanol–water partition coefficient (Wildman–Crippen LogP) is 3.90. The average Bonchev–Trinajstić information content (AvgIpc) is 3.11. The molecule has 2 nitrogen and oxygen atoms in total. The van der Waals surface area contributed by atoms with Crippen molar-refractivity contribution in [3.05, 3.63) is 59.7 Å². The summed E-state index contributed by atoms with van der Waals surface area (Å²) in [6.45, 7) is 0. The van der Waals surface area contributed by atoms with Crippen LogP contribution in [0.15, 0.2) is 48.5 Å². The highest BCUT2D eigenvalue weighted by Gasteiger charge is 2.42. The zero-order chi connectivity index (χ0) is 15.4. The molecule has 3 aliphatic rings. The van der Waals surface area contributed by atoms with Crippen molar-refractivity contribution in [2.45, 2.75) is 43.7 Å². The molecule has 116 valence electrons. The largest absolute Gasteiger partial charge is 0.311 e. The monoisotopic (exact) mass is 303 g/mol. The van der Waals surface area contributed by atoms with Crippen molar-refractivity contribution in [2.24, 2.45) is 5.92 Å². The van der Waals surface area contributed by atoms with E-state index >= 15 is 0 Å². The molecule has 2 bridgehead atoms. The summed E-state index contributed by atoms with van der Waals surface area (Å²) in [6, 6.07) is 18.0. The molecule has 2 aromatic rings. The smallest absolute Gasteiger partial charge is 0.147 e. The molecule has 0 amide bonds. The van der Waals surface area contributed by atoms with Gasteiger partial charge < -0.3 is 5.32 Å². The molecule has 0 saturated carbocycles. The highest BCUT2D eigenvalue weighted by molar-refractivity contribution is 5.98. The number of benzene rings is 2. The lowest BCUT2D eigenvalue weighted by atomic mass is 9.80. The van der Waals surface area contributed by atoms with E-state index in [0.29, 0.717) is 17.9 Å². The maximum absolute atomic E-state index is 13.4. The minimum absolute atomic E-state index is 0.0510. The van der Waals surface area contributed by atoms with E-state index in [9.17, 15) is 4.79 Å². The van der Waals surface area contributed by atoms with Gasteiger partial charge in [-0.15, -0.1) is 0 Å². The number of ketones is 1. The van der Waals surface area contributed by atoms with E-state index in [-0.39, 0.29) is 11.8 Å². The topological polar surface area (TPSA) is 29.1 Å². The maximum atomic E-state index is 13.4. The van der Waals surface area contributed by atoms with Crippen molar-refractivity contribution >= 4 is 5.78 Å². The van der Waals surface area contributed by atoms with E-state index < -0.39 is 0 Å². The second-order valence-corrected chi connectivity index (χ2v) is 7.32. The van der Waals surface area contributed by atoms with Crippen molar-refractivity contribution in [1.82, 2.24) is 5.32 Å². The first-order chi connectivity index (χ1) is 11.3. The molecular formula is C21H21NO. The van der Waals surface area contributed by atoms with E-state index in [2.05, 4.69) is 53.8 Å². The Labute approximate surface area is 136 Å². The number of fused-ring (bicyclic) bond motifs is 5. The van der Waals surface area contributed by atoms with Crippen LogP contribution in [-0.2, 0) is 4.79 Å². The van der Waals surface area contributed by atoms with Gasteiger partial charge in [-0.1, -0.05) is 48.5 Å². The number of hydrogen-bond acceptors (Lipinski definition) is 2. The molecule has 2 heteroatoms. The van der Waals surface area contributed by atoms with Gasteiger partial charge in [0.1, 0.15) is 5.78 Å². The van der Waals surface area contributed by atoms with E-state index in [1.165, 1.54) is 35.1 Å². The minimum atomic E-state index is -0.0510. The van der Waals surface area contributed by atoms with Crippen LogP contribution in [0.3, 0.4) is 0 Å². The van der Waals surface area contributed by atoms with Crippen LogP contribution in [0.25, 0.3) is 11.1 Å². The van der Waals surface area contributed by atoms with Gasteiger partial charge in [-0.05, 0) is 47.9 Å². The van der Waals surface area contributed by atoms with Crippen molar-refractivity contribution in [3.8, 4) is 11.1 Å². The molecule has 2 saturated heterocycles. The Morgan fingerprint density at radius 2 is 1.35 bits per heavy atom. The Kier molecular flexibility index (Phi) is 2.96. The van der Waals surface area contributed by atoms with Gasteiger partial charge in [0.05, 0.1) is 5.92 Å². The summed E-state index contributed by atoms with van der Waals surface area (Å²) in [5, 5.41) is 3.65. The fraction of sp³-hybridized carbons (Fsp3) is 0.381. The van der Waals surface area contributed by atoms with Crippen LogP contribution >= 0.6 is 0 Å². The van der Waals surface area contributed by atoms with Crippen molar-refractivity contribution < 1.29 is 4.79 Å². The van der Waals surface area contributed by atoms with Crippen molar-refractivity contribution in [1.29, 1.82) is 0 Å². The lowest BCUT2D eigenvalue weighted by molar-refractivity contribution is -0.124. The minimum Gasteiger partial charge on any atom is -0.311 e. The summed E-state index contributed by atoms with van der Waals surface area (Å²) in [6.07, 6.45) is 4.53. The fourth-order valence-electron chi connectivity index (χ4n) is 4.99. The van der Waals surface area contributed by atoms with Gasteiger partial charge in [-0.25, -0.2) is 0 Å². The first kappa shape index (κ1) is 13.5. The zero-order valence-corrected chi connectivity index (χ0v) is 13.2. The number of piperidine rings is 1. The van der Waals surface area contributed by atoms with Gasteiger partial charge in [-0.3, -0.25) is 4.79 Å². The Balaban J connectivity index is 1.56. The Morgan fingerprint density at radius 3 is 1.91 bits per heavy atom. The summed E-state index contributed by atoms with van der Waals surface area (Å²) >= 11 is 0. The molecule has 0 aromatic heterocycles. The molecule has 1 N–H and O–H groups in total. The van der Waals surface area contributed by atoms with Gasteiger partial charge in [0.15, 0.2) is 0 Å². The summed E-state index contributed by atoms with van der Waals surface area (Å²) < 4.78 is 0. The normalized spacial score (nSPS) is 28.4. The van der Waals surface area contributed by atoms with E-state index in [1.54, 1.807) is 0 Å². The molecular weight excluding hydrogens is 282 g/mol. The third kappa shape index (κ3) is 2.01. The standard InChI is InChI=1S/C21H21NO/c23-21(13-11-14-9-10-15(12-13)22-14)20-18-7-3-1-5-16(18)17-6-2-4-8-19(17)20/h1-8,13-15,20,22H,9-12H2. The van der Waals surface area contributed by atoms with Gasteiger partial charge in [-0.2, -0.15) is 0 Å². The first-order valence-electron chi connectivity index (χ1n) is 8.79. The summed E-state index contributed by atoms with van der Waals surface area (Å²) in [7, 11) is 0. The van der Waals surface area contributed by atoms with Crippen LogP contribution in [0, 0.1) is 5.92 Å². The summed E-state index contributed by atoms with van der Waals surface area (Å²) in [5.41, 5.74) is 4.92. The molecule has 5 rings (SSSR count). The van der Waals surface area contributed by atoms with E-state index in [4.69, 9.17) is 0 Å². The highest BCUT2D eigenvalue weighted by atomic mass is 16.1. The molecule has 0 spiro atoms. The van der Waals surface area contributed by atoms with Crippen LogP contribution in [0.1, 0.15) is 42.7 Å². The molecule has 0 radical (unpaired) electrons. The summed E-state index contributed by atoms with van der Waals surface area (Å²) in [5.74, 6) is 0.615. The van der Waals surface area contributed by atoms with Crippen LogP contribution < -0.4 is 5.32 Å². The average molecular weight is 303 g/mol. The van der Waals surface area contributed by atoms with Crippen LogP contribution in [0.5, 0.6) is 0 Å². The molecule has 1 aliphatic carbocycles. The van der Waals surface area contributed by atoms with E-state index in [0.717, 1.165) is 12.8 Å². The number of hydrogen-bond donors (Lipinski definition) is 1. The highest BCUT2D eigenvalue weighted by Crippen LogP contribution is 2.47. The van der Waals surface area contributed by atoms with Gasteiger partial charge in [0.25, 0.3) is 0 Å². The fourth-order valence-corrected chi connectivity index (χ4v) is 4.99. The molecule has 23 heavy (non-hydrogen) atoms. The maximum Gasteiger partial charge on any atom is 0.147 e. The van der Waals surface area contributed by atoms with Gasteiger partial charge in [0.2, 0.25) is 0 Å². The van der Waals surface area contributed by atoms with Crippen LogP contribution in [-0.4, -0.2) is 17.9 Å². The second kappa shape index (κ2) is 5.04. The van der Waals surface area contributed by atoms with Gasteiger partial charge in [0, 0.05) is 18.0 Å². The Morgan fingerprint density at radius 1 is 0.826 bits per heavy atom. The molecule has 2 aromatic carbocycles. The lowest BCUT2D eigenvalue weighted by Gasteiger charge is -2.30. The third-order valence-corrected chi connectivity index (χ3v) is 5.99. The molecule has 2 fully saturated rings. The third-order valence-electron chi connectivity index (χ3n) is 5.99. The molecule has 2 atom stereocenters. The summed E-state index contributed by atoms with van der Waals surface area (Å²) in [4.78, 5) is 13.4. The van der Waals surface area contributed by atoms with Crippen LogP contribution in [0.2, 0.25) is 0 Å². The van der Waals surface area contributed by atoms with Crippen molar-refractivity contribution in [3.63, 3.8) is 0 Å².